The first-order valence-corrected chi connectivity index (χ1v) is 16.5. The summed E-state index contributed by atoms with van der Waals surface area (Å²) in [5.74, 6) is -0.735. The summed E-state index contributed by atoms with van der Waals surface area (Å²) in [7, 11) is -1.94. The molecule has 0 fully saturated rings. The third kappa shape index (κ3) is 3.99. The molecule has 0 bridgehead atoms. The SMILES string of the molecule is CCC1(OC(=O)CCN)C(=O)OCc2c1cc1n(c2=O)Cc2c-1nc1ccccc1c2[Si](C)(C)CC(C)C. The lowest BCUT2D eigenvalue weighted by Gasteiger charge is -2.35. The first-order valence-electron chi connectivity index (χ1n) is 13.3. The zero-order valence-electron chi connectivity index (χ0n) is 22.7. The van der Waals surface area contributed by atoms with Crippen molar-refractivity contribution in [3.63, 3.8) is 0 Å². The van der Waals surface area contributed by atoms with Gasteiger partial charge in [0.1, 0.15) is 6.61 Å². The second-order valence-corrected chi connectivity index (χ2v) is 16.1. The van der Waals surface area contributed by atoms with Crippen molar-refractivity contribution in [2.45, 2.75) is 71.5 Å². The lowest BCUT2D eigenvalue weighted by atomic mass is 9.85. The topological polar surface area (TPSA) is 114 Å². The molecule has 1 atom stereocenters. The number of esters is 2. The number of aromatic nitrogens is 2. The van der Waals surface area contributed by atoms with Crippen LogP contribution in [0.5, 0.6) is 0 Å². The van der Waals surface area contributed by atoms with E-state index in [0.29, 0.717) is 29.3 Å². The second-order valence-electron chi connectivity index (χ2n) is 11.4. The number of hydrogen-bond donors (Lipinski definition) is 1. The molecule has 2 N–H and O–H groups in total. The zero-order chi connectivity index (χ0) is 27.4. The van der Waals surface area contributed by atoms with Crippen LogP contribution in [0, 0.1) is 5.92 Å². The minimum atomic E-state index is -1.94. The first-order chi connectivity index (χ1) is 18.0. The summed E-state index contributed by atoms with van der Waals surface area (Å²) in [6, 6.07) is 11.1. The standard InChI is InChI=1S/C29H35N3O5Si/c1-6-29(37-24(33)11-12-30)21-13-23-25-19(14-32(23)27(34)20(21)15-36-28(29)35)26(38(4,5)16-17(2)3)18-9-7-8-10-22(18)31-25/h7-10,13,17H,6,11-12,14-16,30H2,1-5H3. The van der Waals surface area contributed by atoms with Crippen LogP contribution < -0.4 is 16.5 Å². The number of nitrogens with zero attached hydrogens (tertiary/aromatic N) is 2. The van der Waals surface area contributed by atoms with Crippen LogP contribution in [-0.2, 0) is 37.8 Å². The van der Waals surface area contributed by atoms with Crippen LogP contribution in [-0.4, -0.2) is 36.1 Å². The van der Waals surface area contributed by atoms with Gasteiger partial charge in [0.25, 0.3) is 5.56 Å². The second kappa shape index (κ2) is 9.46. The van der Waals surface area contributed by atoms with E-state index in [2.05, 4.69) is 33.0 Å². The number of fused-ring (bicyclic) bond motifs is 5. The van der Waals surface area contributed by atoms with Gasteiger partial charge in [0.15, 0.2) is 0 Å². The molecule has 38 heavy (non-hydrogen) atoms. The molecule has 2 aromatic heterocycles. The maximum absolute atomic E-state index is 13.9. The fourth-order valence-corrected chi connectivity index (χ4v) is 10.6. The lowest BCUT2D eigenvalue weighted by molar-refractivity contribution is -0.189. The minimum absolute atomic E-state index is 0.0381. The maximum atomic E-state index is 13.9. The van der Waals surface area contributed by atoms with Crippen LogP contribution in [0.1, 0.15) is 50.3 Å². The van der Waals surface area contributed by atoms with E-state index in [-0.39, 0.29) is 31.6 Å². The largest absolute Gasteiger partial charge is 0.457 e. The van der Waals surface area contributed by atoms with Crippen LogP contribution in [0.4, 0.5) is 0 Å². The van der Waals surface area contributed by atoms with Gasteiger partial charge in [-0.25, -0.2) is 9.78 Å². The molecule has 3 aromatic rings. The highest BCUT2D eigenvalue weighted by Gasteiger charge is 2.50. The number of para-hydroxylation sites is 1. The average molecular weight is 534 g/mol. The Morgan fingerprint density at radius 3 is 2.66 bits per heavy atom. The van der Waals surface area contributed by atoms with Crippen LogP contribution in [0.2, 0.25) is 19.1 Å². The van der Waals surface area contributed by atoms with Crippen molar-refractivity contribution in [3.05, 3.63) is 57.4 Å². The fraction of sp³-hybridized carbons (Fsp3) is 0.448. The summed E-state index contributed by atoms with van der Waals surface area (Å²) in [6.45, 7) is 11.4. The molecule has 4 heterocycles. The third-order valence-corrected chi connectivity index (χ3v) is 11.6. The molecule has 2 aliphatic heterocycles. The van der Waals surface area contributed by atoms with E-state index >= 15 is 0 Å². The normalized spacial score (nSPS) is 18.2. The Hall–Kier alpha value is -3.30. The Labute approximate surface area is 223 Å². The smallest absolute Gasteiger partial charge is 0.355 e. The molecule has 0 saturated carbocycles. The van der Waals surface area contributed by atoms with Gasteiger partial charge in [-0.3, -0.25) is 9.59 Å². The Balaban J connectivity index is 1.78. The molecular formula is C29H35N3O5Si. The Morgan fingerprint density at radius 1 is 1.24 bits per heavy atom. The number of hydrogen-bond acceptors (Lipinski definition) is 7. The highest BCUT2D eigenvalue weighted by atomic mass is 28.3. The van der Waals surface area contributed by atoms with Gasteiger partial charge < -0.3 is 19.8 Å². The number of ether oxygens (including phenoxy) is 2. The predicted octanol–water partition coefficient (Wildman–Crippen LogP) is 3.55. The zero-order valence-corrected chi connectivity index (χ0v) is 23.7. The molecule has 2 aliphatic rings. The minimum Gasteiger partial charge on any atom is -0.457 e. The molecule has 8 nitrogen and oxygen atoms in total. The molecule has 1 unspecified atom stereocenters. The highest BCUT2D eigenvalue weighted by molar-refractivity contribution is 6.91. The molecule has 5 rings (SSSR count). The molecule has 0 spiro atoms. The molecule has 0 radical (unpaired) electrons. The van der Waals surface area contributed by atoms with Crippen molar-refractivity contribution < 1.29 is 19.1 Å². The summed E-state index contributed by atoms with van der Waals surface area (Å²) < 4.78 is 12.9. The van der Waals surface area contributed by atoms with E-state index in [4.69, 9.17) is 20.2 Å². The van der Waals surface area contributed by atoms with Crippen molar-refractivity contribution in [1.82, 2.24) is 9.55 Å². The van der Waals surface area contributed by atoms with E-state index in [1.165, 1.54) is 5.19 Å². The van der Waals surface area contributed by atoms with Gasteiger partial charge in [-0.2, -0.15) is 0 Å². The van der Waals surface area contributed by atoms with E-state index in [9.17, 15) is 14.4 Å². The Morgan fingerprint density at radius 2 is 1.97 bits per heavy atom. The number of carbonyl (C=O) groups excluding carboxylic acids is 2. The quantitative estimate of drug-likeness (QED) is 0.285. The number of carbonyl (C=O) groups is 2. The van der Waals surface area contributed by atoms with Gasteiger partial charge in [0.2, 0.25) is 5.60 Å². The average Bonchev–Trinajstić information content (AvgIpc) is 3.22. The van der Waals surface area contributed by atoms with E-state index in [0.717, 1.165) is 28.2 Å². The number of nitrogens with two attached hydrogens (primary N) is 1. The van der Waals surface area contributed by atoms with Crippen LogP contribution >= 0.6 is 0 Å². The highest BCUT2D eigenvalue weighted by Crippen LogP contribution is 2.41. The number of pyridine rings is 2. The van der Waals surface area contributed by atoms with Crippen molar-refractivity contribution in [2.24, 2.45) is 11.7 Å². The van der Waals surface area contributed by atoms with Gasteiger partial charge in [-0.15, -0.1) is 0 Å². The van der Waals surface area contributed by atoms with Crippen LogP contribution in [0.3, 0.4) is 0 Å². The van der Waals surface area contributed by atoms with Crippen molar-refractivity contribution in [1.29, 1.82) is 0 Å². The first kappa shape index (κ1) is 26.3. The molecule has 200 valence electrons. The summed E-state index contributed by atoms with van der Waals surface area (Å²) in [4.78, 5) is 44.6. The van der Waals surface area contributed by atoms with Crippen molar-refractivity contribution in [2.75, 3.05) is 6.54 Å². The Bertz CT molecular complexity index is 1530. The molecule has 0 saturated heterocycles. The summed E-state index contributed by atoms with van der Waals surface area (Å²) in [5.41, 5.74) is 7.72. The van der Waals surface area contributed by atoms with E-state index in [1.807, 2.05) is 24.3 Å². The summed E-state index contributed by atoms with van der Waals surface area (Å²) >= 11 is 0. The molecule has 0 aliphatic carbocycles. The van der Waals surface area contributed by atoms with E-state index in [1.54, 1.807) is 11.5 Å². The van der Waals surface area contributed by atoms with Gasteiger partial charge >= 0.3 is 11.9 Å². The molecule has 1 aromatic carbocycles. The number of benzene rings is 1. The van der Waals surface area contributed by atoms with Gasteiger partial charge in [-0.05, 0) is 40.6 Å². The maximum Gasteiger partial charge on any atom is 0.355 e. The predicted molar refractivity (Wildman–Crippen MR) is 149 cm³/mol. The van der Waals surface area contributed by atoms with Gasteiger partial charge in [0, 0.05) is 12.1 Å². The Kier molecular flexibility index (Phi) is 6.55. The fourth-order valence-electron chi connectivity index (χ4n) is 6.44. The molecular weight excluding hydrogens is 498 g/mol. The van der Waals surface area contributed by atoms with E-state index < -0.39 is 25.6 Å². The molecule has 0 amide bonds. The summed E-state index contributed by atoms with van der Waals surface area (Å²) in [6.07, 6.45) is 0.0964. The van der Waals surface area contributed by atoms with Crippen molar-refractivity contribution in [3.8, 4) is 11.4 Å². The van der Waals surface area contributed by atoms with Crippen LogP contribution in [0.25, 0.3) is 22.3 Å². The number of rotatable bonds is 7. The van der Waals surface area contributed by atoms with Crippen molar-refractivity contribution >= 4 is 36.1 Å². The third-order valence-electron chi connectivity index (χ3n) is 7.79. The van der Waals surface area contributed by atoms with Crippen LogP contribution in [0.15, 0.2) is 35.1 Å². The molecule has 9 heteroatoms. The van der Waals surface area contributed by atoms with Gasteiger partial charge in [-0.1, -0.05) is 58.1 Å². The monoisotopic (exact) mass is 533 g/mol. The number of cyclic esters (lactones) is 1. The van der Waals surface area contributed by atoms with Gasteiger partial charge in [0.05, 0.1) is 43.5 Å². The lowest BCUT2D eigenvalue weighted by Crippen LogP contribution is -2.47. The summed E-state index contributed by atoms with van der Waals surface area (Å²) in [5, 5.41) is 2.47.